The third-order valence-corrected chi connectivity index (χ3v) is 2.71. The Morgan fingerprint density at radius 2 is 2.29 bits per heavy atom. The molecule has 0 radical (unpaired) electrons. The molecule has 1 N–H and O–H groups in total. The van der Waals surface area contributed by atoms with Crippen LogP contribution in [-0.2, 0) is 0 Å². The maximum atomic E-state index is 13.3. The second-order valence-corrected chi connectivity index (χ2v) is 4.02. The van der Waals surface area contributed by atoms with Crippen LogP contribution in [0.5, 0.6) is 0 Å². The summed E-state index contributed by atoms with van der Waals surface area (Å²) in [5.74, 6) is -0.516. The molecule has 0 aliphatic heterocycles. The van der Waals surface area contributed by atoms with E-state index in [0.717, 1.165) is 0 Å². The van der Waals surface area contributed by atoms with Gasteiger partial charge in [0.15, 0.2) is 0 Å². The molecular formula is C11H11ClFN3O. The summed E-state index contributed by atoms with van der Waals surface area (Å²) in [4.78, 5) is 0. The van der Waals surface area contributed by atoms with Crippen molar-refractivity contribution in [3.63, 3.8) is 0 Å². The first-order valence-corrected chi connectivity index (χ1v) is 5.55. The zero-order valence-electron chi connectivity index (χ0n) is 9.14. The molecule has 6 heteroatoms. The Labute approximate surface area is 103 Å². The Bertz CT molecular complexity index is 529. The van der Waals surface area contributed by atoms with E-state index >= 15 is 0 Å². The van der Waals surface area contributed by atoms with Gasteiger partial charge in [-0.25, -0.2) is 9.07 Å². The van der Waals surface area contributed by atoms with E-state index in [2.05, 4.69) is 10.3 Å². The lowest BCUT2D eigenvalue weighted by Gasteiger charge is -2.02. The van der Waals surface area contributed by atoms with Crippen LogP contribution in [0.4, 0.5) is 4.39 Å². The van der Waals surface area contributed by atoms with Crippen LogP contribution in [0, 0.1) is 5.82 Å². The molecule has 1 aromatic carbocycles. The first kappa shape index (κ1) is 12.0. The van der Waals surface area contributed by atoms with Gasteiger partial charge in [0, 0.05) is 6.07 Å². The Balaban J connectivity index is 2.33. The molecule has 1 aromatic heterocycles. The van der Waals surface area contributed by atoms with E-state index < -0.39 is 11.9 Å². The maximum absolute atomic E-state index is 13.3. The predicted octanol–water partition coefficient (Wildman–Crippen LogP) is 2.50. The molecule has 4 nitrogen and oxygen atoms in total. The third-order valence-electron chi connectivity index (χ3n) is 2.41. The highest BCUT2D eigenvalue weighted by Gasteiger charge is 2.11. The van der Waals surface area contributed by atoms with Crippen molar-refractivity contribution in [3.8, 4) is 5.69 Å². The van der Waals surface area contributed by atoms with E-state index in [9.17, 15) is 9.50 Å². The predicted molar refractivity (Wildman–Crippen MR) is 61.6 cm³/mol. The summed E-state index contributed by atoms with van der Waals surface area (Å²) < 4.78 is 14.6. The fourth-order valence-electron chi connectivity index (χ4n) is 1.39. The van der Waals surface area contributed by atoms with Crippen molar-refractivity contribution in [1.82, 2.24) is 15.0 Å². The third kappa shape index (κ3) is 2.45. The molecular weight excluding hydrogens is 245 g/mol. The second kappa shape index (κ2) is 4.81. The summed E-state index contributed by atoms with van der Waals surface area (Å²) in [6, 6.07) is 4.34. The zero-order valence-corrected chi connectivity index (χ0v) is 9.89. The average molecular weight is 256 g/mol. The minimum Gasteiger partial charge on any atom is -0.387 e. The Morgan fingerprint density at radius 3 is 2.94 bits per heavy atom. The monoisotopic (exact) mass is 255 g/mol. The Kier molecular flexibility index (Phi) is 3.40. The number of aliphatic hydroxyl groups excluding tert-OH is 1. The quantitative estimate of drug-likeness (QED) is 0.917. The van der Waals surface area contributed by atoms with Crippen molar-refractivity contribution in [2.24, 2.45) is 0 Å². The van der Waals surface area contributed by atoms with Crippen molar-refractivity contribution in [3.05, 3.63) is 40.9 Å². The standard InChI is InChI=1S/C11H11ClFN3O/c1-2-11(17)10-6-16(15-14-10)7-3-4-8(12)9(13)5-7/h3-6,11,17H,2H2,1H3. The molecule has 1 unspecified atom stereocenters. The van der Waals surface area contributed by atoms with Gasteiger partial charge in [-0.3, -0.25) is 0 Å². The van der Waals surface area contributed by atoms with E-state index in [4.69, 9.17) is 11.6 Å². The highest BCUT2D eigenvalue weighted by Crippen LogP contribution is 2.19. The number of rotatable bonds is 3. The van der Waals surface area contributed by atoms with Gasteiger partial charge in [-0.1, -0.05) is 23.7 Å². The lowest BCUT2D eigenvalue weighted by molar-refractivity contribution is 0.169. The van der Waals surface area contributed by atoms with Crippen molar-refractivity contribution in [2.75, 3.05) is 0 Å². The lowest BCUT2D eigenvalue weighted by Crippen LogP contribution is -1.96. The van der Waals surface area contributed by atoms with Crippen LogP contribution in [0.25, 0.3) is 5.69 Å². The number of benzene rings is 1. The van der Waals surface area contributed by atoms with Crippen molar-refractivity contribution >= 4 is 11.6 Å². The Hall–Kier alpha value is -1.46. The first-order valence-electron chi connectivity index (χ1n) is 5.17. The molecule has 0 fully saturated rings. The van der Waals surface area contributed by atoms with E-state index in [1.165, 1.54) is 16.8 Å². The van der Waals surface area contributed by atoms with E-state index in [1.54, 1.807) is 12.3 Å². The van der Waals surface area contributed by atoms with E-state index in [0.29, 0.717) is 17.8 Å². The lowest BCUT2D eigenvalue weighted by atomic mass is 10.2. The number of aromatic nitrogens is 3. The first-order chi connectivity index (χ1) is 8.11. The van der Waals surface area contributed by atoms with Crippen LogP contribution < -0.4 is 0 Å². The van der Waals surface area contributed by atoms with Crippen LogP contribution in [0.15, 0.2) is 24.4 Å². The molecule has 0 bridgehead atoms. The largest absolute Gasteiger partial charge is 0.387 e. The fraction of sp³-hybridized carbons (Fsp3) is 0.273. The fourth-order valence-corrected chi connectivity index (χ4v) is 1.51. The van der Waals surface area contributed by atoms with E-state index in [-0.39, 0.29) is 5.02 Å². The van der Waals surface area contributed by atoms with Gasteiger partial charge in [0.1, 0.15) is 11.5 Å². The molecule has 17 heavy (non-hydrogen) atoms. The molecule has 0 amide bonds. The summed E-state index contributed by atoms with van der Waals surface area (Å²) >= 11 is 5.59. The van der Waals surface area contributed by atoms with E-state index in [1.807, 2.05) is 6.92 Å². The van der Waals surface area contributed by atoms with Gasteiger partial charge < -0.3 is 5.11 Å². The number of halogens is 2. The summed E-state index contributed by atoms with van der Waals surface area (Å²) in [6.45, 7) is 1.84. The number of nitrogens with zero attached hydrogens (tertiary/aromatic N) is 3. The Morgan fingerprint density at radius 1 is 1.53 bits per heavy atom. The summed E-state index contributed by atoms with van der Waals surface area (Å²) in [6.07, 6.45) is 1.46. The molecule has 0 spiro atoms. The van der Waals surface area contributed by atoms with Gasteiger partial charge >= 0.3 is 0 Å². The van der Waals surface area contributed by atoms with Crippen LogP contribution in [0.1, 0.15) is 25.1 Å². The minimum absolute atomic E-state index is 0.0580. The molecule has 1 heterocycles. The van der Waals surface area contributed by atoms with Crippen molar-refractivity contribution in [1.29, 1.82) is 0 Å². The molecule has 0 saturated heterocycles. The van der Waals surface area contributed by atoms with Gasteiger partial charge in [0.25, 0.3) is 0 Å². The zero-order chi connectivity index (χ0) is 12.4. The highest BCUT2D eigenvalue weighted by atomic mass is 35.5. The summed E-state index contributed by atoms with van der Waals surface area (Å²) in [5, 5.41) is 17.3. The topological polar surface area (TPSA) is 50.9 Å². The van der Waals surface area contributed by atoms with Crippen LogP contribution >= 0.6 is 11.6 Å². The van der Waals surface area contributed by atoms with Gasteiger partial charge in [0.2, 0.25) is 0 Å². The summed E-state index contributed by atoms with van der Waals surface area (Å²) in [5.41, 5.74) is 0.969. The number of aliphatic hydroxyl groups is 1. The van der Waals surface area contributed by atoms with Crippen LogP contribution in [0.3, 0.4) is 0 Å². The molecule has 0 aliphatic rings. The molecule has 0 aliphatic carbocycles. The minimum atomic E-state index is -0.652. The molecule has 1 atom stereocenters. The van der Waals surface area contributed by atoms with Gasteiger partial charge in [-0.2, -0.15) is 0 Å². The van der Waals surface area contributed by atoms with Crippen LogP contribution in [0.2, 0.25) is 5.02 Å². The normalized spacial score (nSPS) is 12.7. The van der Waals surface area contributed by atoms with Crippen molar-refractivity contribution < 1.29 is 9.50 Å². The molecule has 2 aromatic rings. The number of hydrogen-bond donors (Lipinski definition) is 1. The van der Waals surface area contributed by atoms with Gasteiger partial charge in [0.05, 0.1) is 23.0 Å². The summed E-state index contributed by atoms with van der Waals surface area (Å²) in [7, 11) is 0. The molecule has 90 valence electrons. The number of hydrogen-bond acceptors (Lipinski definition) is 3. The smallest absolute Gasteiger partial charge is 0.143 e. The average Bonchev–Trinajstić information content (AvgIpc) is 2.81. The highest BCUT2D eigenvalue weighted by molar-refractivity contribution is 6.30. The van der Waals surface area contributed by atoms with Gasteiger partial charge in [-0.05, 0) is 18.6 Å². The van der Waals surface area contributed by atoms with Crippen LogP contribution in [-0.4, -0.2) is 20.1 Å². The van der Waals surface area contributed by atoms with Gasteiger partial charge in [-0.15, -0.1) is 5.10 Å². The van der Waals surface area contributed by atoms with Crippen molar-refractivity contribution in [2.45, 2.75) is 19.4 Å². The SMILES string of the molecule is CCC(O)c1cn(-c2ccc(Cl)c(F)c2)nn1. The molecule has 2 rings (SSSR count). The second-order valence-electron chi connectivity index (χ2n) is 3.61. The maximum Gasteiger partial charge on any atom is 0.143 e. The molecule has 0 saturated carbocycles.